The molecule has 3 heterocycles. The molecular formula is C24H30F3N5O2. The normalized spacial score (nSPS) is 18.0. The first kappa shape index (κ1) is 24.3. The first-order chi connectivity index (χ1) is 16.4. The number of hydrogen-bond acceptors (Lipinski definition) is 5. The van der Waals surface area contributed by atoms with E-state index in [1.54, 1.807) is 18.5 Å². The number of alkyl halides is 3. The van der Waals surface area contributed by atoms with Crippen molar-refractivity contribution in [1.82, 2.24) is 15.2 Å². The van der Waals surface area contributed by atoms with Crippen LogP contribution in [-0.4, -0.2) is 67.9 Å². The summed E-state index contributed by atoms with van der Waals surface area (Å²) in [6.07, 6.45) is 1.43. The first-order valence-electron chi connectivity index (χ1n) is 11.6. The minimum atomic E-state index is -4.58. The fraction of sp³-hybridized carbons (Fsp3) is 0.500. The number of anilines is 2. The molecule has 7 nitrogen and oxygen atoms in total. The van der Waals surface area contributed by atoms with Gasteiger partial charge in [0.25, 0.3) is 0 Å². The number of urea groups is 1. The largest absolute Gasteiger partial charge is 0.418 e. The second kappa shape index (κ2) is 11.1. The number of ether oxygens (including phenoxy) is 1. The van der Waals surface area contributed by atoms with Gasteiger partial charge in [-0.3, -0.25) is 4.98 Å². The first-order valence-corrected chi connectivity index (χ1v) is 11.6. The Bertz CT molecular complexity index is 943. The van der Waals surface area contributed by atoms with E-state index >= 15 is 0 Å². The highest BCUT2D eigenvalue weighted by Gasteiger charge is 2.35. The summed E-state index contributed by atoms with van der Waals surface area (Å²) < 4.78 is 46.4. The van der Waals surface area contributed by atoms with E-state index in [9.17, 15) is 18.0 Å². The van der Waals surface area contributed by atoms with Gasteiger partial charge in [-0.2, -0.15) is 13.2 Å². The van der Waals surface area contributed by atoms with Gasteiger partial charge in [0.2, 0.25) is 0 Å². The summed E-state index contributed by atoms with van der Waals surface area (Å²) in [7, 11) is 0. The number of pyridine rings is 1. The topological polar surface area (TPSA) is 69.7 Å². The maximum absolute atomic E-state index is 13.7. The lowest BCUT2D eigenvalue weighted by atomic mass is 10.0. The van der Waals surface area contributed by atoms with Gasteiger partial charge in [-0.1, -0.05) is 0 Å². The molecule has 2 aromatic rings. The van der Waals surface area contributed by atoms with E-state index in [0.717, 1.165) is 45.0 Å². The smallest absolute Gasteiger partial charge is 0.378 e. The third kappa shape index (κ3) is 6.60. The molecule has 1 aromatic carbocycles. The van der Waals surface area contributed by atoms with E-state index in [1.807, 2.05) is 17.0 Å². The number of benzene rings is 1. The Morgan fingerprint density at radius 2 is 1.76 bits per heavy atom. The Morgan fingerprint density at radius 1 is 1.06 bits per heavy atom. The van der Waals surface area contributed by atoms with Crippen LogP contribution >= 0.6 is 0 Å². The molecule has 2 aliphatic rings. The van der Waals surface area contributed by atoms with Crippen molar-refractivity contribution in [1.29, 1.82) is 0 Å². The van der Waals surface area contributed by atoms with Crippen LogP contribution in [0, 0.1) is 0 Å². The van der Waals surface area contributed by atoms with E-state index in [1.165, 1.54) is 11.6 Å². The summed E-state index contributed by atoms with van der Waals surface area (Å²) >= 11 is 0. The third-order valence-corrected chi connectivity index (χ3v) is 6.32. The molecule has 0 saturated carbocycles. The Kier molecular flexibility index (Phi) is 7.89. The summed E-state index contributed by atoms with van der Waals surface area (Å²) in [5, 5.41) is 5.26. The van der Waals surface area contributed by atoms with Crippen molar-refractivity contribution < 1.29 is 22.7 Å². The monoisotopic (exact) mass is 477 g/mol. The fourth-order valence-corrected chi connectivity index (χ4v) is 4.38. The number of piperidine rings is 1. The third-order valence-electron chi connectivity index (χ3n) is 6.32. The predicted molar refractivity (Wildman–Crippen MR) is 124 cm³/mol. The molecule has 0 bridgehead atoms. The van der Waals surface area contributed by atoms with E-state index in [2.05, 4.69) is 20.5 Å². The number of hydrogen-bond donors (Lipinski definition) is 2. The fourth-order valence-electron chi connectivity index (χ4n) is 4.38. The molecule has 10 heteroatoms. The molecule has 0 spiro atoms. The molecule has 2 N–H and O–H groups in total. The lowest BCUT2D eigenvalue weighted by Gasteiger charge is -2.32. The SMILES string of the molecule is O=C(Nc1ccc(N2CCOCC2)cc1C(F)(F)F)NC1CCN(CCc2ccncc2)CC1. The number of rotatable bonds is 6. The van der Waals surface area contributed by atoms with Gasteiger partial charge < -0.3 is 25.2 Å². The van der Waals surface area contributed by atoms with Gasteiger partial charge in [0, 0.05) is 56.8 Å². The predicted octanol–water partition coefficient (Wildman–Crippen LogP) is 3.77. The number of morpholine rings is 1. The molecule has 0 aliphatic carbocycles. The molecule has 0 atom stereocenters. The minimum Gasteiger partial charge on any atom is -0.378 e. The van der Waals surface area contributed by atoms with Crippen LogP contribution in [0.4, 0.5) is 29.3 Å². The van der Waals surface area contributed by atoms with Crippen molar-refractivity contribution in [2.45, 2.75) is 31.5 Å². The van der Waals surface area contributed by atoms with Gasteiger partial charge in [0.15, 0.2) is 0 Å². The van der Waals surface area contributed by atoms with Crippen molar-refractivity contribution in [3.8, 4) is 0 Å². The minimum absolute atomic E-state index is 0.0702. The molecule has 2 aliphatic heterocycles. The maximum atomic E-state index is 13.7. The maximum Gasteiger partial charge on any atom is 0.418 e. The van der Waals surface area contributed by atoms with Crippen molar-refractivity contribution in [3.63, 3.8) is 0 Å². The molecule has 184 valence electrons. The number of aromatic nitrogens is 1. The lowest BCUT2D eigenvalue weighted by molar-refractivity contribution is -0.136. The highest BCUT2D eigenvalue weighted by atomic mass is 19.4. The zero-order valence-corrected chi connectivity index (χ0v) is 19.0. The molecule has 34 heavy (non-hydrogen) atoms. The van der Waals surface area contributed by atoms with Crippen LogP contribution in [0.25, 0.3) is 0 Å². The van der Waals surface area contributed by atoms with Crippen LogP contribution in [0.1, 0.15) is 24.0 Å². The van der Waals surface area contributed by atoms with Crippen LogP contribution in [0.3, 0.4) is 0 Å². The molecule has 2 amide bonds. The Morgan fingerprint density at radius 3 is 2.44 bits per heavy atom. The summed E-state index contributed by atoms with van der Waals surface area (Å²) in [6.45, 7) is 4.61. The Balaban J connectivity index is 1.29. The molecule has 0 radical (unpaired) electrons. The summed E-state index contributed by atoms with van der Waals surface area (Å²) in [4.78, 5) is 20.7. The average Bonchev–Trinajstić information content (AvgIpc) is 2.84. The number of halogens is 3. The average molecular weight is 478 g/mol. The number of likely N-dealkylation sites (tertiary alicyclic amines) is 1. The second-order valence-corrected chi connectivity index (χ2v) is 8.65. The van der Waals surface area contributed by atoms with Crippen molar-refractivity contribution >= 4 is 17.4 Å². The summed E-state index contributed by atoms with van der Waals surface area (Å²) in [5.41, 5.74) is 0.616. The summed E-state index contributed by atoms with van der Waals surface area (Å²) in [5.74, 6) is 0. The molecule has 2 fully saturated rings. The van der Waals surface area contributed by atoms with Crippen LogP contribution in [0.15, 0.2) is 42.7 Å². The highest BCUT2D eigenvalue weighted by Crippen LogP contribution is 2.37. The highest BCUT2D eigenvalue weighted by molar-refractivity contribution is 5.90. The zero-order chi connectivity index (χ0) is 24.0. The molecule has 2 saturated heterocycles. The van der Waals surface area contributed by atoms with Crippen LogP contribution in [0.2, 0.25) is 0 Å². The molecular weight excluding hydrogens is 447 g/mol. The van der Waals surface area contributed by atoms with E-state index in [-0.39, 0.29) is 11.7 Å². The number of carbonyl (C=O) groups excluding carboxylic acids is 1. The van der Waals surface area contributed by atoms with Gasteiger partial charge in [-0.25, -0.2) is 4.79 Å². The van der Waals surface area contributed by atoms with Gasteiger partial charge in [0.1, 0.15) is 0 Å². The Labute approximate surface area is 197 Å². The number of nitrogens with one attached hydrogen (secondary N) is 2. The molecule has 0 unspecified atom stereocenters. The van der Waals surface area contributed by atoms with Crippen molar-refractivity contribution in [3.05, 3.63) is 53.9 Å². The van der Waals surface area contributed by atoms with Gasteiger partial charge in [-0.05, 0) is 55.2 Å². The van der Waals surface area contributed by atoms with Crippen molar-refractivity contribution in [2.75, 3.05) is 56.2 Å². The van der Waals surface area contributed by atoms with E-state index < -0.39 is 17.8 Å². The number of amides is 2. The summed E-state index contributed by atoms with van der Waals surface area (Å²) in [6, 6.07) is 7.36. The Hall–Kier alpha value is -2.85. The van der Waals surface area contributed by atoms with Crippen LogP contribution in [0.5, 0.6) is 0 Å². The van der Waals surface area contributed by atoms with Crippen LogP contribution < -0.4 is 15.5 Å². The van der Waals surface area contributed by atoms with Crippen molar-refractivity contribution in [2.24, 2.45) is 0 Å². The molecule has 1 aromatic heterocycles. The zero-order valence-electron chi connectivity index (χ0n) is 19.0. The van der Waals surface area contributed by atoms with Gasteiger partial charge in [-0.15, -0.1) is 0 Å². The van der Waals surface area contributed by atoms with E-state index in [0.29, 0.717) is 32.0 Å². The molecule has 4 rings (SSSR count). The number of nitrogens with zero attached hydrogens (tertiary/aromatic N) is 3. The van der Waals surface area contributed by atoms with Gasteiger partial charge in [0.05, 0.1) is 24.5 Å². The quantitative estimate of drug-likeness (QED) is 0.663. The second-order valence-electron chi connectivity index (χ2n) is 8.65. The number of carbonyl (C=O) groups is 1. The van der Waals surface area contributed by atoms with E-state index in [4.69, 9.17) is 4.74 Å². The standard InChI is InChI=1S/C24H30F3N5O2/c25-24(26,27)21-17-20(32-13-15-34-16-14-32)1-2-22(21)30-23(33)29-19-6-11-31(12-7-19)10-5-18-3-8-28-9-4-18/h1-4,8-9,17,19H,5-7,10-16H2,(H2,29,30,33). The van der Waals surface area contributed by atoms with Gasteiger partial charge >= 0.3 is 12.2 Å². The lowest BCUT2D eigenvalue weighted by Crippen LogP contribution is -2.46. The van der Waals surface area contributed by atoms with Crippen LogP contribution in [-0.2, 0) is 17.3 Å².